The fourth-order valence-electron chi connectivity index (χ4n) is 2.26. The van der Waals surface area contributed by atoms with E-state index < -0.39 is 17.6 Å². The molecule has 0 spiro atoms. The second-order valence-electron chi connectivity index (χ2n) is 5.11. The van der Waals surface area contributed by atoms with E-state index in [-0.39, 0.29) is 5.69 Å². The molecule has 0 unspecified atom stereocenters. The first-order valence-electron chi connectivity index (χ1n) is 7.13. The molecule has 0 bridgehead atoms. The van der Waals surface area contributed by atoms with E-state index in [1.54, 1.807) is 36.5 Å². The first-order valence-corrected chi connectivity index (χ1v) is 7.93. The predicted octanol–water partition coefficient (Wildman–Crippen LogP) is 4.91. The summed E-state index contributed by atoms with van der Waals surface area (Å²) in [7, 11) is 0. The van der Waals surface area contributed by atoms with E-state index in [9.17, 15) is 18.0 Å². The number of carbonyl (C=O) groups is 1. The number of nitrogens with one attached hydrogen (secondary N) is 1. The SMILES string of the molecule is O=C(Nc1cc(C(F)(F)F)ccc1-n1cccn1)c1ccccc1Br. The lowest BCUT2D eigenvalue weighted by molar-refractivity contribution is -0.137. The number of rotatable bonds is 3. The summed E-state index contributed by atoms with van der Waals surface area (Å²) >= 11 is 3.26. The molecule has 1 N–H and O–H groups in total. The van der Waals surface area contributed by atoms with Crippen molar-refractivity contribution in [3.63, 3.8) is 0 Å². The summed E-state index contributed by atoms with van der Waals surface area (Å²) in [5.74, 6) is -0.528. The van der Waals surface area contributed by atoms with E-state index in [4.69, 9.17) is 0 Å². The number of aromatic nitrogens is 2. The van der Waals surface area contributed by atoms with Crippen molar-refractivity contribution in [2.75, 3.05) is 5.32 Å². The summed E-state index contributed by atoms with van der Waals surface area (Å²) < 4.78 is 41.0. The standard InChI is InChI=1S/C17H11BrF3N3O/c18-13-5-2-1-4-12(13)16(25)23-14-10-11(17(19,20)21)6-7-15(14)24-9-3-8-22-24/h1-10H,(H,23,25). The molecule has 0 atom stereocenters. The molecule has 128 valence electrons. The Morgan fingerprint density at radius 3 is 2.52 bits per heavy atom. The molecule has 0 saturated heterocycles. The fourth-order valence-corrected chi connectivity index (χ4v) is 2.72. The van der Waals surface area contributed by atoms with Crippen LogP contribution in [0.3, 0.4) is 0 Å². The topological polar surface area (TPSA) is 46.9 Å². The van der Waals surface area contributed by atoms with Crippen molar-refractivity contribution in [1.82, 2.24) is 9.78 Å². The highest BCUT2D eigenvalue weighted by molar-refractivity contribution is 9.10. The second-order valence-corrected chi connectivity index (χ2v) is 5.97. The molecular weight excluding hydrogens is 399 g/mol. The minimum atomic E-state index is -4.52. The van der Waals surface area contributed by atoms with Crippen molar-refractivity contribution in [3.8, 4) is 5.69 Å². The number of anilines is 1. The van der Waals surface area contributed by atoms with Crippen LogP contribution in [0, 0.1) is 0 Å². The zero-order valence-electron chi connectivity index (χ0n) is 12.6. The van der Waals surface area contributed by atoms with Gasteiger partial charge in [0, 0.05) is 16.9 Å². The highest BCUT2D eigenvalue weighted by Gasteiger charge is 2.31. The lowest BCUT2D eigenvalue weighted by Crippen LogP contribution is -2.16. The number of alkyl halides is 3. The van der Waals surface area contributed by atoms with Crippen molar-refractivity contribution in [2.24, 2.45) is 0 Å². The quantitative estimate of drug-likeness (QED) is 0.668. The van der Waals surface area contributed by atoms with Gasteiger partial charge in [-0.05, 0) is 52.3 Å². The van der Waals surface area contributed by atoms with Gasteiger partial charge in [0.25, 0.3) is 5.91 Å². The molecule has 25 heavy (non-hydrogen) atoms. The Kier molecular flexibility index (Phi) is 4.63. The second kappa shape index (κ2) is 6.72. The van der Waals surface area contributed by atoms with Crippen LogP contribution in [0.2, 0.25) is 0 Å². The van der Waals surface area contributed by atoms with Crippen molar-refractivity contribution in [1.29, 1.82) is 0 Å². The highest BCUT2D eigenvalue weighted by Crippen LogP contribution is 2.33. The van der Waals surface area contributed by atoms with E-state index in [1.165, 1.54) is 16.9 Å². The molecule has 0 fully saturated rings. The average Bonchev–Trinajstić information content (AvgIpc) is 3.08. The van der Waals surface area contributed by atoms with E-state index in [1.807, 2.05) is 0 Å². The maximum absolute atomic E-state index is 13.0. The van der Waals surface area contributed by atoms with Gasteiger partial charge in [-0.1, -0.05) is 12.1 Å². The largest absolute Gasteiger partial charge is 0.416 e. The van der Waals surface area contributed by atoms with Crippen molar-refractivity contribution >= 4 is 27.5 Å². The minimum Gasteiger partial charge on any atom is -0.320 e. The van der Waals surface area contributed by atoms with Crippen LogP contribution in [-0.2, 0) is 6.18 Å². The third-order valence-corrected chi connectivity index (χ3v) is 4.13. The monoisotopic (exact) mass is 409 g/mol. The van der Waals surface area contributed by atoms with Gasteiger partial charge in [0.15, 0.2) is 0 Å². The van der Waals surface area contributed by atoms with Crippen LogP contribution >= 0.6 is 15.9 Å². The van der Waals surface area contributed by atoms with Crippen LogP contribution in [0.4, 0.5) is 18.9 Å². The molecule has 1 amide bonds. The van der Waals surface area contributed by atoms with E-state index in [2.05, 4.69) is 26.3 Å². The third-order valence-electron chi connectivity index (χ3n) is 3.44. The number of nitrogens with zero attached hydrogens (tertiary/aromatic N) is 2. The van der Waals surface area contributed by atoms with Crippen LogP contribution in [0.15, 0.2) is 65.4 Å². The Bertz CT molecular complexity index is 908. The maximum Gasteiger partial charge on any atom is 0.416 e. The molecule has 4 nitrogen and oxygen atoms in total. The zero-order chi connectivity index (χ0) is 18.0. The van der Waals surface area contributed by atoms with Gasteiger partial charge in [-0.25, -0.2) is 4.68 Å². The fraction of sp³-hybridized carbons (Fsp3) is 0.0588. The molecule has 0 aliphatic rings. The zero-order valence-corrected chi connectivity index (χ0v) is 14.2. The molecule has 0 saturated carbocycles. The molecule has 1 aromatic heterocycles. The number of amides is 1. The Hall–Kier alpha value is -2.61. The van der Waals surface area contributed by atoms with Crippen LogP contribution in [-0.4, -0.2) is 15.7 Å². The average molecular weight is 410 g/mol. The van der Waals surface area contributed by atoms with E-state index in [0.717, 1.165) is 12.1 Å². The van der Waals surface area contributed by atoms with Crippen molar-refractivity contribution in [2.45, 2.75) is 6.18 Å². The Morgan fingerprint density at radius 1 is 1.12 bits per heavy atom. The number of halogens is 4. The van der Waals surface area contributed by atoms with Crippen molar-refractivity contribution in [3.05, 3.63) is 76.5 Å². The lowest BCUT2D eigenvalue weighted by atomic mass is 10.1. The van der Waals surface area contributed by atoms with Crippen LogP contribution < -0.4 is 5.32 Å². The van der Waals surface area contributed by atoms with E-state index >= 15 is 0 Å². The molecular formula is C17H11BrF3N3O. The number of hydrogen-bond donors (Lipinski definition) is 1. The van der Waals surface area contributed by atoms with Gasteiger partial charge in [0.05, 0.1) is 22.5 Å². The third kappa shape index (κ3) is 3.74. The maximum atomic E-state index is 13.0. The smallest absolute Gasteiger partial charge is 0.320 e. The molecule has 1 heterocycles. The Balaban J connectivity index is 2.03. The summed E-state index contributed by atoms with van der Waals surface area (Å²) in [6.07, 6.45) is -1.44. The van der Waals surface area contributed by atoms with Gasteiger partial charge >= 0.3 is 6.18 Å². The summed E-state index contributed by atoms with van der Waals surface area (Å²) in [5, 5.41) is 6.55. The van der Waals surface area contributed by atoms with Crippen LogP contribution in [0.5, 0.6) is 0 Å². The van der Waals surface area contributed by atoms with Gasteiger partial charge in [0.2, 0.25) is 0 Å². The molecule has 3 aromatic rings. The highest BCUT2D eigenvalue weighted by atomic mass is 79.9. The number of carbonyl (C=O) groups excluding carboxylic acids is 1. The first kappa shape index (κ1) is 17.2. The minimum absolute atomic E-state index is 0.0132. The lowest BCUT2D eigenvalue weighted by Gasteiger charge is -2.15. The van der Waals surface area contributed by atoms with Gasteiger partial charge in [-0.15, -0.1) is 0 Å². The summed E-state index contributed by atoms with van der Waals surface area (Å²) in [6.45, 7) is 0. The molecule has 8 heteroatoms. The molecule has 0 radical (unpaired) electrons. The van der Waals surface area contributed by atoms with Crippen LogP contribution in [0.1, 0.15) is 15.9 Å². The van der Waals surface area contributed by atoms with Gasteiger partial charge < -0.3 is 5.32 Å². The normalized spacial score (nSPS) is 11.4. The summed E-state index contributed by atoms with van der Waals surface area (Å²) in [4.78, 5) is 12.5. The Morgan fingerprint density at radius 2 is 1.88 bits per heavy atom. The molecule has 0 aliphatic heterocycles. The first-order chi connectivity index (χ1) is 11.9. The Labute approximate surface area is 149 Å². The van der Waals surface area contributed by atoms with E-state index in [0.29, 0.717) is 15.7 Å². The molecule has 0 aliphatic carbocycles. The predicted molar refractivity (Wildman–Crippen MR) is 90.7 cm³/mol. The summed E-state index contributed by atoms with van der Waals surface area (Å²) in [5.41, 5.74) is -0.199. The van der Waals surface area contributed by atoms with Gasteiger partial charge in [-0.3, -0.25) is 4.79 Å². The number of hydrogen-bond acceptors (Lipinski definition) is 2. The van der Waals surface area contributed by atoms with Crippen molar-refractivity contribution < 1.29 is 18.0 Å². The molecule has 2 aromatic carbocycles. The summed E-state index contributed by atoms with van der Waals surface area (Å²) in [6, 6.07) is 11.4. The van der Waals surface area contributed by atoms with Crippen LogP contribution in [0.25, 0.3) is 5.69 Å². The van der Waals surface area contributed by atoms with Gasteiger partial charge in [-0.2, -0.15) is 18.3 Å². The number of benzene rings is 2. The molecule has 3 rings (SSSR count). The van der Waals surface area contributed by atoms with Gasteiger partial charge in [0.1, 0.15) is 0 Å².